The number of alkyl halides is 2. The SMILES string of the molecule is COc1cccc(/C=C/C(=O)N[C@H]2CCC[C@@H](C)[C@H]2C)c1OC(F)F. The van der Waals surface area contributed by atoms with Crippen LogP contribution in [-0.4, -0.2) is 25.7 Å². The van der Waals surface area contributed by atoms with Crippen LogP contribution in [0.2, 0.25) is 0 Å². The van der Waals surface area contributed by atoms with Crippen molar-refractivity contribution in [3.05, 3.63) is 29.8 Å². The summed E-state index contributed by atoms with van der Waals surface area (Å²) < 4.78 is 34.8. The lowest BCUT2D eigenvalue weighted by molar-refractivity contribution is -0.117. The highest BCUT2D eigenvalue weighted by molar-refractivity contribution is 5.92. The first kappa shape index (κ1) is 19.2. The molecular weight excluding hydrogens is 328 g/mol. The Morgan fingerprint density at radius 3 is 2.76 bits per heavy atom. The zero-order valence-corrected chi connectivity index (χ0v) is 14.8. The number of para-hydroxylation sites is 1. The van der Waals surface area contributed by atoms with Crippen LogP contribution in [0.3, 0.4) is 0 Å². The maximum atomic E-state index is 12.6. The smallest absolute Gasteiger partial charge is 0.387 e. The molecule has 0 aliphatic heterocycles. The van der Waals surface area contributed by atoms with E-state index in [2.05, 4.69) is 23.9 Å². The van der Waals surface area contributed by atoms with Crippen molar-refractivity contribution in [1.82, 2.24) is 5.32 Å². The molecule has 1 saturated carbocycles. The lowest BCUT2D eigenvalue weighted by Gasteiger charge is -2.34. The van der Waals surface area contributed by atoms with Gasteiger partial charge in [0.15, 0.2) is 11.5 Å². The number of carbonyl (C=O) groups excluding carboxylic acids is 1. The van der Waals surface area contributed by atoms with Crippen molar-refractivity contribution in [3.63, 3.8) is 0 Å². The number of carbonyl (C=O) groups is 1. The largest absolute Gasteiger partial charge is 0.493 e. The molecule has 0 saturated heterocycles. The lowest BCUT2D eigenvalue weighted by Crippen LogP contribution is -2.43. The van der Waals surface area contributed by atoms with Crippen molar-refractivity contribution in [2.75, 3.05) is 7.11 Å². The van der Waals surface area contributed by atoms with Gasteiger partial charge >= 0.3 is 6.61 Å². The summed E-state index contributed by atoms with van der Waals surface area (Å²) in [6.07, 6.45) is 6.06. The number of amides is 1. The van der Waals surface area contributed by atoms with Gasteiger partial charge in [0, 0.05) is 17.7 Å². The number of benzene rings is 1. The Morgan fingerprint density at radius 2 is 2.08 bits per heavy atom. The molecule has 0 unspecified atom stereocenters. The first-order valence-corrected chi connectivity index (χ1v) is 8.52. The van der Waals surface area contributed by atoms with E-state index in [0.29, 0.717) is 17.4 Å². The molecule has 2 rings (SSSR count). The normalized spacial score (nSPS) is 23.7. The summed E-state index contributed by atoms with van der Waals surface area (Å²) in [5.41, 5.74) is 0.361. The minimum atomic E-state index is -2.97. The van der Waals surface area contributed by atoms with E-state index in [0.717, 1.165) is 12.8 Å². The molecular formula is C19H25F2NO3. The Hall–Kier alpha value is -2.11. The maximum absolute atomic E-state index is 12.6. The second-order valence-corrected chi connectivity index (χ2v) is 6.47. The molecule has 6 heteroatoms. The Bertz CT molecular complexity index is 619. The van der Waals surface area contributed by atoms with Crippen LogP contribution in [0.1, 0.15) is 38.7 Å². The molecule has 0 bridgehead atoms. The Balaban J connectivity index is 2.09. The van der Waals surface area contributed by atoms with Gasteiger partial charge in [-0.3, -0.25) is 4.79 Å². The van der Waals surface area contributed by atoms with E-state index in [1.54, 1.807) is 12.1 Å². The molecule has 1 amide bonds. The molecule has 1 aromatic rings. The number of nitrogens with one attached hydrogen (secondary N) is 1. The van der Waals surface area contributed by atoms with Crippen molar-refractivity contribution in [2.45, 2.75) is 45.8 Å². The molecule has 1 N–H and O–H groups in total. The summed E-state index contributed by atoms with van der Waals surface area (Å²) in [4.78, 5) is 12.2. The number of rotatable bonds is 6. The number of hydrogen-bond acceptors (Lipinski definition) is 3. The van der Waals surface area contributed by atoms with E-state index in [-0.39, 0.29) is 23.4 Å². The molecule has 1 fully saturated rings. The zero-order valence-electron chi connectivity index (χ0n) is 14.8. The fraction of sp³-hybridized carbons (Fsp3) is 0.526. The highest BCUT2D eigenvalue weighted by Gasteiger charge is 2.27. The van der Waals surface area contributed by atoms with E-state index in [1.807, 2.05) is 0 Å². The number of hydrogen-bond donors (Lipinski definition) is 1. The van der Waals surface area contributed by atoms with Crippen molar-refractivity contribution in [1.29, 1.82) is 0 Å². The predicted molar refractivity (Wildman–Crippen MR) is 92.8 cm³/mol. The van der Waals surface area contributed by atoms with Gasteiger partial charge < -0.3 is 14.8 Å². The monoisotopic (exact) mass is 353 g/mol. The van der Waals surface area contributed by atoms with Crippen LogP contribution < -0.4 is 14.8 Å². The second-order valence-electron chi connectivity index (χ2n) is 6.47. The summed E-state index contributed by atoms with van der Waals surface area (Å²) in [5, 5.41) is 3.01. The molecule has 1 aliphatic carbocycles. The van der Waals surface area contributed by atoms with Crippen LogP contribution in [0.25, 0.3) is 6.08 Å². The fourth-order valence-corrected chi connectivity index (χ4v) is 3.22. The maximum Gasteiger partial charge on any atom is 0.387 e. The third kappa shape index (κ3) is 5.18. The summed E-state index contributed by atoms with van der Waals surface area (Å²) in [6, 6.07) is 4.91. The Morgan fingerprint density at radius 1 is 1.32 bits per heavy atom. The quantitative estimate of drug-likeness (QED) is 0.778. The van der Waals surface area contributed by atoms with Gasteiger partial charge in [-0.05, 0) is 30.4 Å². The van der Waals surface area contributed by atoms with Crippen LogP contribution >= 0.6 is 0 Å². The zero-order chi connectivity index (χ0) is 18.4. The summed E-state index contributed by atoms with van der Waals surface area (Å²) in [6.45, 7) is 1.37. The molecule has 138 valence electrons. The lowest BCUT2D eigenvalue weighted by atomic mass is 9.78. The average Bonchev–Trinajstić information content (AvgIpc) is 2.57. The number of halogens is 2. The van der Waals surface area contributed by atoms with E-state index in [4.69, 9.17) is 4.74 Å². The van der Waals surface area contributed by atoms with Gasteiger partial charge in [-0.2, -0.15) is 8.78 Å². The third-order valence-electron chi connectivity index (χ3n) is 4.88. The topological polar surface area (TPSA) is 47.6 Å². The summed E-state index contributed by atoms with van der Waals surface area (Å²) >= 11 is 0. The minimum absolute atomic E-state index is 0.0799. The van der Waals surface area contributed by atoms with Crippen LogP contribution in [0.15, 0.2) is 24.3 Å². The highest BCUT2D eigenvalue weighted by atomic mass is 19.3. The molecule has 0 radical (unpaired) electrons. The van der Waals surface area contributed by atoms with Crippen molar-refractivity contribution >= 4 is 12.0 Å². The van der Waals surface area contributed by atoms with Crippen molar-refractivity contribution in [3.8, 4) is 11.5 Å². The molecule has 4 nitrogen and oxygen atoms in total. The highest BCUT2D eigenvalue weighted by Crippen LogP contribution is 2.33. The van der Waals surface area contributed by atoms with Gasteiger partial charge in [0.2, 0.25) is 5.91 Å². The third-order valence-corrected chi connectivity index (χ3v) is 4.88. The number of ether oxygens (including phenoxy) is 2. The second kappa shape index (κ2) is 8.83. The first-order valence-electron chi connectivity index (χ1n) is 8.52. The molecule has 0 spiro atoms. The molecule has 0 heterocycles. The first-order chi connectivity index (χ1) is 11.9. The number of methoxy groups -OCH3 is 1. The molecule has 0 aromatic heterocycles. The molecule has 25 heavy (non-hydrogen) atoms. The van der Waals surface area contributed by atoms with Gasteiger partial charge in [0.1, 0.15) is 0 Å². The van der Waals surface area contributed by atoms with Crippen LogP contribution in [-0.2, 0) is 4.79 Å². The van der Waals surface area contributed by atoms with E-state index in [1.165, 1.54) is 31.7 Å². The van der Waals surface area contributed by atoms with E-state index in [9.17, 15) is 13.6 Å². The average molecular weight is 353 g/mol. The summed E-state index contributed by atoms with van der Waals surface area (Å²) in [7, 11) is 1.37. The van der Waals surface area contributed by atoms with E-state index >= 15 is 0 Å². The van der Waals surface area contributed by atoms with Gasteiger partial charge in [0.25, 0.3) is 0 Å². The van der Waals surface area contributed by atoms with Gasteiger partial charge in [0.05, 0.1) is 7.11 Å². The Labute approximate surface area is 147 Å². The van der Waals surface area contributed by atoms with Gasteiger partial charge in [-0.25, -0.2) is 0 Å². The van der Waals surface area contributed by atoms with Crippen molar-refractivity contribution < 1.29 is 23.0 Å². The van der Waals surface area contributed by atoms with Gasteiger partial charge in [-0.1, -0.05) is 38.8 Å². The summed E-state index contributed by atoms with van der Waals surface area (Å²) in [5.74, 6) is 0.867. The van der Waals surface area contributed by atoms with Crippen LogP contribution in [0, 0.1) is 11.8 Å². The molecule has 1 aliphatic rings. The standard InChI is InChI=1S/C19H25F2NO3/c1-12-6-4-8-15(13(12)2)22-17(23)11-10-14-7-5-9-16(24-3)18(14)25-19(20)21/h5,7,9-13,15,19H,4,6,8H2,1-3H3,(H,22,23)/b11-10+/t12-,13-,15+/m1/s1. The van der Waals surface area contributed by atoms with Crippen LogP contribution in [0.5, 0.6) is 11.5 Å². The molecule has 1 aromatic carbocycles. The molecule has 3 atom stereocenters. The fourth-order valence-electron chi connectivity index (χ4n) is 3.22. The minimum Gasteiger partial charge on any atom is -0.493 e. The van der Waals surface area contributed by atoms with E-state index < -0.39 is 6.61 Å². The van der Waals surface area contributed by atoms with Gasteiger partial charge in [-0.15, -0.1) is 0 Å². The van der Waals surface area contributed by atoms with Crippen molar-refractivity contribution in [2.24, 2.45) is 11.8 Å². The Kier molecular flexibility index (Phi) is 6.79. The van der Waals surface area contributed by atoms with Crippen LogP contribution in [0.4, 0.5) is 8.78 Å². The predicted octanol–water partition coefficient (Wildman–Crippen LogP) is 4.25.